The molecule has 0 aliphatic carbocycles. The first-order valence-corrected chi connectivity index (χ1v) is 6.45. The Hall–Kier alpha value is -2.40. The predicted molar refractivity (Wildman–Crippen MR) is 77.7 cm³/mol. The Morgan fingerprint density at radius 3 is 2.90 bits per heavy atom. The fourth-order valence-corrected chi connectivity index (χ4v) is 2.29. The molecular weight excluding hydrogens is 252 g/mol. The van der Waals surface area contributed by atoms with Crippen LogP contribution in [0.5, 0.6) is 5.75 Å². The van der Waals surface area contributed by atoms with Crippen molar-refractivity contribution in [2.24, 2.45) is 0 Å². The molecule has 102 valence electrons. The van der Waals surface area contributed by atoms with E-state index in [-0.39, 0.29) is 0 Å². The number of hydrogen-bond acceptors (Lipinski definition) is 4. The summed E-state index contributed by atoms with van der Waals surface area (Å²) in [6.07, 6.45) is 3.75. The predicted octanol–water partition coefficient (Wildman–Crippen LogP) is 2.12. The Kier molecular flexibility index (Phi) is 3.35. The van der Waals surface area contributed by atoms with E-state index in [1.165, 1.54) is 0 Å². The molecule has 0 radical (unpaired) electrons. The van der Waals surface area contributed by atoms with Crippen LogP contribution in [0.1, 0.15) is 5.82 Å². The van der Waals surface area contributed by atoms with Crippen LogP contribution in [0, 0.1) is 0 Å². The van der Waals surface area contributed by atoms with Gasteiger partial charge in [0.1, 0.15) is 17.3 Å². The lowest BCUT2D eigenvalue weighted by atomic mass is 10.1. The van der Waals surface area contributed by atoms with E-state index in [1.807, 2.05) is 48.0 Å². The van der Waals surface area contributed by atoms with Gasteiger partial charge in [-0.1, -0.05) is 12.1 Å². The Morgan fingerprint density at radius 2 is 2.10 bits per heavy atom. The highest BCUT2D eigenvalue weighted by Gasteiger charge is 2.16. The molecule has 3 rings (SSSR count). The zero-order valence-electron chi connectivity index (χ0n) is 11.5. The molecule has 0 fully saturated rings. The molecule has 5 nitrogen and oxygen atoms in total. The first-order valence-electron chi connectivity index (χ1n) is 6.45. The second-order valence-corrected chi connectivity index (χ2v) is 4.42. The smallest absolute Gasteiger partial charge is 0.164 e. The molecule has 1 N–H and O–H groups in total. The Balaban J connectivity index is 2.26. The minimum Gasteiger partial charge on any atom is -0.496 e. The van der Waals surface area contributed by atoms with Gasteiger partial charge in [0.2, 0.25) is 0 Å². The molecule has 0 aliphatic rings. The van der Waals surface area contributed by atoms with Crippen molar-refractivity contribution in [3.63, 3.8) is 0 Å². The molecule has 0 aliphatic heterocycles. The molecule has 0 saturated heterocycles. The number of benzene rings is 1. The van der Waals surface area contributed by atoms with E-state index in [2.05, 4.69) is 10.3 Å². The molecular formula is C15H16N4O. The van der Waals surface area contributed by atoms with E-state index in [4.69, 9.17) is 9.72 Å². The van der Waals surface area contributed by atoms with Crippen LogP contribution in [-0.4, -0.2) is 28.5 Å². The van der Waals surface area contributed by atoms with E-state index < -0.39 is 0 Å². The molecule has 20 heavy (non-hydrogen) atoms. The lowest BCUT2D eigenvalue weighted by molar-refractivity contribution is 0.416. The zero-order chi connectivity index (χ0) is 13.9. The molecule has 0 spiro atoms. The largest absolute Gasteiger partial charge is 0.496 e. The fraction of sp³-hybridized carbons (Fsp3) is 0.200. The first-order chi connectivity index (χ1) is 9.85. The van der Waals surface area contributed by atoms with Crippen molar-refractivity contribution in [2.45, 2.75) is 6.54 Å². The number of imidazole rings is 1. The van der Waals surface area contributed by atoms with Crippen LogP contribution in [0.25, 0.3) is 16.9 Å². The maximum absolute atomic E-state index is 5.43. The average Bonchev–Trinajstić information content (AvgIpc) is 2.87. The van der Waals surface area contributed by atoms with Crippen LogP contribution in [0.2, 0.25) is 0 Å². The molecule has 0 amide bonds. The molecule has 2 heterocycles. The minimum absolute atomic E-state index is 0.683. The summed E-state index contributed by atoms with van der Waals surface area (Å²) in [6, 6.07) is 9.76. The lowest BCUT2D eigenvalue weighted by Crippen LogP contribution is -2.08. The average molecular weight is 268 g/mol. The molecule has 1 aromatic carbocycles. The van der Waals surface area contributed by atoms with E-state index in [9.17, 15) is 0 Å². The van der Waals surface area contributed by atoms with E-state index >= 15 is 0 Å². The molecule has 0 atom stereocenters. The number of hydrogen-bond donors (Lipinski definition) is 1. The Labute approximate surface area is 117 Å². The molecule has 5 heteroatoms. The van der Waals surface area contributed by atoms with Crippen LogP contribution in [0.4, 0.5) is 0 Å². The number of fused-ring (bicyclic) bond motifs is 1. The van der Waals surface area contributed by atoms with Crippen molar-refractivity contribution < 1.29 is 4.74 Å². The van der Waals surface area contributed by atoms with Crippen molar-refractivity contribution in [1.29, 1.82) is 0 Å². The summed E-state index contributed by atoms with van der Waals surface area (Å²) < 4.78 is 7.42. The fourth-order valence-electron chi connectivity index (χ4n) is 2.29. The summed E-state index contributed by atoms with van der Waals surface area (Å²) in [6.45, 7) is 0.683. The van der Waals surface area contributed by atoms with Crippen LogP contribution in [0.3, 0.4) is 0 Å². The molecule has 0 unspecified atom stereocenters. The number of rotatable bonds is 4. The maximum Gasteiger partial charge on any atom is 0.164 e. The number of ether oxygens (including phenoxy) is 1. The van der Waals surface area contributed by atoms with Crippen molar-refractivity contribution in [1.82, 2.24) is 19.7 Å². The van der Waals surface area contributed by atoms with Gasteiger partial charge in [-0.3, -0.25) is 4.40 Å². The number of nitrogens with zero attached hydrogens (tertiary/aromatic N) is 3. The maximum atomic E-state index is 5.43. The highest BCUT2D eigenvalue weighted by atomic mass is 16.5. The van der Waals surface area contributed by atoms with Crippen LogP contribution >= 0.6 is 0 Å². The molecule has 2 aromatic heterocycles. The van der Waals surface area contributed by atoms with Gasteiger partial charge in [-0.25, -0.2) is 9.97 Å². The molecule has 0 saturated carbocycles. The van der Waals surface area contributed by atoms with Gasteiger partial charge in [0.05, 0.1) is 13.7 Å². The number of methoxy groups -OCH3 is 1. The van der Waals surface area contributed by atoms with Gasteiger partial charge in [0, 0.05) is 18.0 Å². The monoisotopic (exact) mass is 268 g/mol. The van der Waals surface area contributed by atoms with E-state index in [0.29, 0.717) is 6.54 Å². The Morgan fingerprint density at radius 1 is 1.25 bits per heavy atom. The van der Waals surface area contributed by atoms with Crippen LogP contribution in [0.15, 0.2) is 42.7 Å². The quantitative estimate of drug-likeness (QED) is 0.787. The Bertz CT molecular complexity index is 736. The van der Waals surface area contributed by atoms with Gasteiger partial charge in [0.25, 0.3) is 0 Å². The van der Waals surface area contributed by atoms with Crippen molar-refractivity contribution >= 4 is 5.65 Å². The highest BCUT2D eigenvalue weighted by molar-refractivity contribution is 5.78. The third kappa shape index (κ3) is 2.02. The van der Waals surface area contributed by atoms with E-state index in [0.717, 1.165) is 28.5 Å². The van der Waals surface area contributed by atoms with Crippen molar-refractivity contribution in [2.75, 3.05) is 14.2 Å². The normalized spacial score (nSPS) is 10.9. The lowest BCUT2D eigenvalue weighted by Gasteiger charge is -2.05. The molecule has 0 bridgehead atoms. The summed E-state index contributed by atoms with van der Waals surface area (Å²) in [5.74, 6) is 1.73. The SMILES string of the molecule is CNCc1nc(-c2ccccc2OC)c2ncccn12. The van der Waals surface area contributed by atoms with Gasteiger partial charge in [-0.2, -0.15) is 0 Å². The highest BCUT2D eigenvalue weighted by Crippen LogP contribution is 2.31. The van der Waals surface area contributed by atoms with Crippen LogP contribution in [-0.2, 0) is 6.54 Å². The zero-order valence-corrected chi connectivity index (χ0v) is 11.5. The summed E-state index contributed by atoms with van der Waals surface area (Å²) in [5, 5.41) is 3.13. The summed E-state index contributed by atoms with van der Waals surface area (Å²) in [4.78, 5) is 9.17. The van der Waals surface area contributed by atoms with Gasteiger partial charge in [-0.05, 0) is 25.2 Å². The molecule has 3 aromatic rings. The standard InChI is InChI=1S/C15H16N4O/c1-16-10-13-18-14(15-17-8-5-9-19(13)15)11-6-3-4-7-12(11)20-2/h3-9,16H,10H2,1-2H3. The topological polar surface area (TPSA) is 51.5 Å². The van der Waals surface area contributed by atoms with Crippen LogP contribution < -0.4 is 10.1 Å². The number of para-hydroxylation sites is 1. The van der Waals surface area contributed by atoms with Gasteiger partial charge >= 0.3 is 0 Å². The van der Waals surface area contributed by atoms with E-state index in [1.54, 1.807) is 13.3 Å². The van der Waals surface area contributed by atoms with Gasteiger partial charge < -0.3 is 10.1 Å². The number of nitrogens with one attached hydrogen (secondary N) is 1. The summed E-state index contributed by atoms with van der Waals surface area (Å²) in [5.41, 5.74) is 2.63. The second kappa shape index (κ2) is 5.30. The van der Waals surface area contributed by atoms with Crippen molar-refractivity contribution in [3.05, 3.63) is 48.5 Å². The summed E-state index contributed by atoms with van der Waals surface area (Å²) in [7, 11) is 3.57. The van der Waals surface area contributed by atoms with Gasteiger partial charge in [-0.15, -0.1) is 0 Å². The van der Waals surface area contributed by atoms with Gasteiger partial charge in [0.15, 0.2) is 5.65 Å². The third-order valence-electron chi connectivity index (χ3n) is 3.17. The number of aromatic nitrogens is 3. The minimum atomic E-state index is 0.683. The summed E-state index contributed by atoms with van der Waals surface area (Å²) >= 11 is 0. The third-order valence-corrected chi connectivity index (χ3v) is 3.17. The second-order valence-electron chi connectivity index (χ2n) is 4.42. The van der Waals surface area contributed by atoms with Crippen molar-refractivity contribution in [3.8, 4) is 17.0 Å². The first kappa shape index (κ1) is 12.6.